The number of hydrogen-bond acceptors (Lipinski definition) is 6. The minimum Gasteiger partial charge on any atom is -0.369 e. The quantitative estimate of drug-likeness (QED) is 0.325. The molecule has 0 spiro atoms. The Balaban J connectivity index is 1.96. The van der Waals surface area contributed by atoms with Crippen molar-refractivity contribution in [1.29, 1.82) is 0 Å². The lowest BCUT2D eigenvalue weighted by Gasteiger charge is -2.13. The second-order valence-corrected chi connectivity index (χ2v) is 6.96. The number of likely N-dealkylation sites (N-methyl/N-ethyl adjacent to an activating group) is 1. The zero-order chi connectivity index (χ0) is 22.5. The fourth-order valence-electron chi connectivity index (χ4n) is 2.80. The monoisotopic (exact) mass is 426 g/mol. The molecular formula is C23H31FN6O. The van der Waals surface area contributed by atoms with Crippen LogP contribution in [0.4, 0.5) is 21.8 Å². The molecule has 0 aliphatic heterocycles. The number of anilines is 3. The Hall–Kier alpha value is -3.18. The molecule has 8 heteroatoms. The topological polar surface area (TPSA) is 91.0 Å². The highest BCUT2D eigenvalue weighted by Gasteiger charge is 2.12. The Bertz CT molecular complexity index is 904. The molecule has 0 radical (unpaired) electrons. The molecule has 0 aliphatic rings. The van der Waals surface area contributed by atoms with E-state index in [1.807, 2.05) is 6.92 Å². The second-order valence-electron chi connectivity index (χ2n) is 6.96. The molecule has 1 amide bonds. The number of unbranched alkanes of at least 4 members (excludes halogenated alkanes) is 1. The summed E-state index contributed by atoms with van der Waals surface area (Å²) < 4.78 is 13.4. The lowest BCUT2D eigenvalue weighted by atomic mass is 10.2. The lowest BCUT2D eigenvalue weighted by Crippen LogP contribution is -2.42. The number of nitrogens with zero attached hydrogens (tertiary/aromatic N) is 2. The Labute approximate surface area is 183 Å². The van der Waals surface area contributed by atoms with Crippen LogP contribution >= 0.6 is 0 Å². The van der Waals surface area contributed by atoms with Crippen molar-refractivity contribution in [2.75, 3.05) is 30.8 Å². The predicted molar refractivity (Wildman–Crippen MR) is 123 cm³/mol. The van der Waals surface area contributed by atoms with Gasteiger partial charge in [0.15, 0.2) is 0 Å². The highest BCUT2D eigenvalue weighted by Crippen LogP contribution is 2.18. The van der Waals surface area contributed by atoms with Crippen LogP contribution in [-0.2, 0) is 4.79 Å². The van der Waals surface area contributed by atoms with Crippen LogP contribution < -0.4 is 21.3 Å². The predicted octanol–water partition coefficient (Wildman–Crippen LogP) is 3.43. The number of carbonyl (C=O) groups excluding carboxylic acids is 1. The Morgan fingerprint density at radius 1 is 1.26 bits per heavy atom. The summed E-state index contributed by atoms with van der Waals surface area (Å²) in [4.78, 5) is 20.7. The number of aromatic nitrogens is 2. The van der Waals surface area contributed by atoms with Crippen molar-refractivity contribution >= 4 is 23.4 Å². The molecule has 0 bridgehead atoms. The van der Waals surface area contributed by atoms with Crippen molar-refractivity contribution in [3.05, 3.63) is 41.8 Å². The first-order chi connectivity index (χ1) is 15.1. The number of halogens is 1. The third-order valence-corrected chi connectivity index (χ3v) is 4.49. The van der Waals surface area contributed by atoms with Crippen LogP contribution in [0.15, 0.2) is 30.5 Å². The van der Waals surface area contributed by atoms with Gasteiger partial charge in [-0.2, -0.15) is 4.98 Å². The van der Waals surface area contributed by atoms with E-state index in [1.54, 1.807) is 25.4 Å². The smallest absolute Gasteiger partial charge is 0.237 e. The molecule has 0 saturated carbocycles. The highest BCUT2D eigenvalue weighted by molar-refractivity contribution is 5.81. The minimum atomic E-state index is -0.329. The molecule has 31 heavy (non-hydrogen) atoms. The van der Waals surface area contributed by atoms with Crippen molar-refractivity contribution in [2.24, 2.45) is 0 Å². The van der Waals surface area contributed by atoms with Gasteiger partial charge >= 0.3 is 0 Å². The summed E-state index contributed by atoms with van der Waals surface area (Å²) in [5.74, 6) is 6.91. The lowest BCUT2D eigenvalue weighted by molar-refractivity contribution is -0.123. The number of amides is 1. The molecule has 1 atom stereocenters. The fourth-order valence-corrected chi connectivity index (χ4v) is 2.80. The van der Waals surface area contributed by atoms with E-state index in [4.69, 9.17) is 0 Å². The van der Waals surface area contributed by atoms with E-state index in [1.165, 1.54) is 12.1 Å². The molecule has 0 aliphatic carbocycles. The van der Waals surface area contributed by atoms with Gasteiger partial charge in [-0.05, 0) is 44.5 Å². The van der Waals surface area contributed by atoms with Gasteiger partial charge in [0.05, 0.1) is 17.8 Å². The van der Waals surface area contributed by atoms with Crippen molar-refractivity contribution in [3.63, 3.8) is 0 Å². The first-order valence-corrected chi connectivity index (χ1v) is 10.6. The van der Waals surface area contributed by atoms with Crippen LogP contribution in [0.25, 0.3) is 0 Å². The summed E-state index contributed by atoms with van der Waals surface area (Å²) in [5.41, 5.74) is 1.27. The normalized spacial score (nSPS) is 11.2. The van der Waals surface area contributed by atoms with Crippen LogP contribution in [0.3, 0.4) is 0 Å². The molecular weight excluding hydrogens is 395 g/mol. The Morgan fingerprint density at radius 3 is 2.81 bits per heavy atom. The van der Waals surface area contributed by atoms with Gasteiger partial charge in [0.2, 0.25) is 11.9 Å². The van der Waals surface area contributed by atoms with E-state index in [0.29, 0.717) is 36.0 Å². The van der Waals surface area contributed by atoms with E-state index in [-0.39, 0.29) is 17.8 Å². The van der Waals surface area contributed by atoms with Gasteiger partial charge in [-0.25, -0.2) is 9.37 Å². The van der Waals surface area contributed by atoms with Crippen LogP contribution in [0, 0.1) is 17.7 Å². The summed E-state index contributed by atoms with van der Waals surface area (Å²) in [5, 5.41) is 12.2. The molecule has 7 nitrogen and oxygen atoms in total. The molecule has 1 heterocycles. The first-order valence-electron chi connectivity index (χ1n) is 10.6. The average Bonchev–Trinajstić information content (AvgIpc) is 2.76. The summed E-state index contributed by atoms with van der Waals surface area (Å²) >= 11 is 0. The van der Waals surface area contributed by atoms with Crippen molar-refractivity contribution < 1.29 is 9.18 Å². The molecule has 0 unspecified atom stereocenters. The second kappa shape index (κ2) is 13.2. The largest absolute Gasteiger partial charge is 0.369 e. The molecule has 0 fully saturated rings. The van der Waals surface area contributed by atoms with Gasteiger partial charge in [0, 0.05) is 25.2 Å². The van der Waals surface area contributed by atoms with Gasteiger partial charge in [-0.3, -0.25) is 4.79 Å². The summed E-state index contributed by atoms with van der Waals surface area (Å²) in [6, 6.07) is 5.98. The van der Waals surface area contributed by atoms with Crippen molar-refractivity contribution in [1.82, 2.24) is 20.6 Å². The molecule has 4 N–H and O–H groups in total. The van der Waals surface area contributed by atoms with Crippen molar-refractivity contribution in [3.8, 4) is 11.8 Å². The van der Waals surface area contributed by atoms with E-state index < -0.39 is 0 Å². The standard InChI is InChI=1S/C23H31FN6O/c1-4-13-26-21-17(10-7-6-8-14-27-22(31)20(5-2)25-3)16-28-23(30-21)29-19-12-9-11-18(24)15-19/h9,11-12,15-16,20,25H,4-6,8,13-14H2,1-3H3,(H,27,31)(H2,26,28,29,30)/t20-/m0/s1. The van der Waals surface area contributed by atoms with E-state index in [0.717, 1.165) is 25.8 Å². The van der Waals surface area contributed by atoms with Crippen molar-refractivity contribution in [2.45, 2.75) is 45.6 Å². The zero-order valence-electron chi connectivity index (χ0n) is 18.4. The molecule has 0 saturated heterocycles. The fraction of sp³-hybridized carbons (Fsp3) is 0.435. The first kappa shape index (κ1) is 24.1. The number of rotatable bonds is 11. The third-order valence-electron chi connectivity index (χ3n) is 4.49. The van der Waals surface area contributed by atoms with E-state index in [2.05, 4.69) is 50.0 Å². The molecule has 166 valence electrons. The Kier molecular flexibility index (Phi) is 10.3. The SMILES string of the molecule is CCCNc1nc(Nc2cccc(F)c2)ncc1C#CCCCNC(=O)[C@H](CC)NC. The summed E-state index contributed by atoms with van der Waals surface area (Å²) in [6.45, 7) is 5.37. The zero-order valence-corrected chi connectivity index (χ0v) is 18.4. The van der Waals surface area contributed by atoms with Gasteiger partial charge in [0.25, 0.3) is 0 Å². The third kappa shape index (κ3) is 8.22. The summed E-state index contributed by atoms with van der Waals surface area (Å²) in [7, 11) is 1.78. The van der Waals surface area contributed by atoms with Gasteiger partial charge in [-0.1, -0.05) is 31.8 Å². The maximum atomic E-state index is 13.4. The van der Waals surface area contributed by atoms with E-state index >= 15 is 0 Å². The molecule has 2 aromatic rings. The van der Waals surface area contributed by atoms with E-state index in [9.17, 15) is 9.18 Å². The maximum Gasteiger partial charge on any atom is 0.237 e. The number of carbonyl (C=O) groups is 1. The Morgan fingerprint density at radius 2 is 2.10 bits per heavy atom. The van der Waals surface area contributed by atoms with Gasteiger partial charge < -0.3 is 21.3 Å². The molecule has 1 aromatic carbocycles. The molecule has 2 rings (SSSR count). The molecule has 1 aromatic heterocycles. The summed E-state index contributed by atoms with van der Waals surface area (Å²) in [6.07, 6.45) is 4.75. The van der Waals surface area contributed by atoms with Crippen LogP contribution in [0.5, 0.6) is 0 Å². The van der Waals surface area contributed by atoms with Crippen LogP contribution in [0.1, 0.15) is 45.1 Å². The van der Waals surface area contributed by atoms with Crippen LogP contribution in [-0.4, -0.2) is 42.1 Å². The number of benzene rings is 1. The minimum absolute atomic E-state index is 0.0128. The van der Waals surface area contributed by atoms with Gasteiger partial charge in [0.1, 0.15) is 11.6 Å². The number of hydrogen-bond donors (Lipinski definition) is 4. The maximum absolute atomic E-state index is 13.4. The van der Waals surface area contributed by atoms with Crippen LogP contribution in [0.2, 0.25) is 0 Å². The average molecular weight is 427 g/mol. The van der Waals surface area contributed by atoms with Gasteiger partial charge in [-0.15, -0.1) is 0 Å². The highest BCUT2D eigenvalue weighted by atomic mass is 19.1. The number of nitrogens with one attached hydrogen (secondary N) is 4.